The van der Waals surface area contributed by atoms with Crippen LogP contribution in [-0.4, -0.2) is 5.91 Å². The highest BCUT2D eigenvalue weighted by molar-refractivity contribution is 6.05. The zero-order chi connectivity index (χ0) is 13.6. The average molecular weight is 255 g/mol. The number of fused-ring (bicyclic) bond motifs is 1. The van der Waals surface area contributed by atoms with Crippen LogP contribution in [-0.2, 0) is 4.79 Å². The number of benzene rings is 2. The summed E-state index contributed by atoms with van der Waals surface area (Å²) in [6.45, 7) is 3.99. The van der Waals surface area contributed by atoms with Gasteiger partial charge in [-0.1, -0.05) is 29.8 Å². The van der Waals surface area contributed by atoms with Crippen LogP contribution in [0.25, 0.3) is 0 Å². The number of hydrogen-bond acceptors (Lipinski definition) is 1. The van der Waals surface area contributed by atoms with Gasteiger partial charge in [-0.15, -0.1) is 0 Å². The Kier molecular flexibility index (Phi) is 2.63. The van der Waals surface area contributed by atoms with E-state index in [4.69, 9.17) is 0 Å². The molecule has 96 valence electrons. The monoisotopic (exact) mass is 255 g/mol. The third-order valence-corrected chi connectivity index (χ3v) is 3.59. The summed E-state index contributed by atoms with van der Waals surface area (Å²) in [7, 11) is 0. The SMILES string of the molecule is Cc1ccc(C)c(C2C(=O)Nc3cc(F)ccc32)c1. The number of carbonyl (C=O) groups excluding carboxylic acids is 1. The van der Waals surface area contributed by atoms with Crippen molar-refractivity contribution in [2.45, 2.75) is 19.8 Å². The average Bonchev–Trinajstić information content (AvgIpc) is 2.67. The van der Waals surface area contributed by atoms with Gasteiger partial charge in [-0.3, -0.25) is 4.79 Å². The van der Waals surface area contributed by atoms with Crippen molar-refractivity contribution in [3.8, 4) is 0 Å². The molecule has 1 atom stereocenters. The number of nitrogens with one attached hydrogen (secondary N) is 1. The van der Waals surface area contributed by atoms with E-state index in [-0.39, 0.29) is 17.6 Å². The van der Waals surface area contributed by atoms with Crippen LogP contribution >= 0.6 is 0 Å². The predicted molar refractivity (Wildman–Crippen MR) is 72.8 cm³/mol. The van der Waals surface area contributed by atoms with Crippen LogP contribution in [0.3, 0.4) is 0 Å². The van der Waals surface area contributed by atoms with Crippen LogP contribution < -0.4 is 5.32 Å². The molecular weight excluding hydrogens is 241 g/mol. The molecule has 3 heteroatoms. The molecule has 0 aromatic heterocycles. The van der Waals surface area contributed by atoms with Crippen molar-refractivity contribution in [1.29, 1.82) is 0 Å². The third kappa shape index (κ3) is 1.91. The molecule has 0 aliphatic carbocycles. The second-order valence-corrected chi connectivity index (χ2v) is 5.01. The van der Waals surface area contributed by atoms with Crippen LogP contribution in [0.15, 0.2) is 36.4 Å². The van der Waals surface area contributed by atoms with Crippen molar-refractivity contribution in [2.24, 2.45) is 0 Å². The van der Waals surface area contributed by atoms with Crippen LogP contribution in [0.2, 0.25) is 0 Å². The van der Waals surface area contributed by atoms with E-state index in [9.17, 15) is 9.18 Å². The molecule has 1 aliphatic rings. The summed E-state index contributed by atoms with van der Waals surface area (Å²) >= 11 is 0. The highest BCUT2D eigenvalue weighted by atomic mass is 19.1. The molecular formula is C16H14FNO. The van der Waals surface area contributed by atoms with Gasteiger partial charge < -0.3 is 5.32 Å². The Morgan fingerprint density at radius 3 is 2.63 bits per heavy atom. The van der Waals surface area contributed by atoms with E-state index in [0.29, 0.717) is 5.69 Å². The van der Waals surface area contributed by atoms with Gasteiger partial charge in [-0.25, -0.2) is 4.39 Å². The predicted octanol–water partition coefficient (Wildman–Crippen LogP) is 3.53. The first kappa shape index (κ1) is 11.9. The molecule has 0 fully saturated rings. The van der Waals surface area contributed by atoms with Gasteiger partial charge in [0.1, 0.15) is 5.82 Å². The minimum atomic E-state index is -0.338. The maximum absolute atomic E-state index is 13.2. The largest absolute Gasteiger partial charge is 0.325 e. The minimum Gasteiger partial charge on any atom is -0.325 e. The number of amides is 1. The maximum atomic E-state index is 13.2. The number of hydrogen-bond donors (Lipinski definition) is 1. The summed E-state index contributed by atoms with van der Waals surface area (Å²) in [5.74, 6) is -0.759. The van der Waals surface area contributed by atoms with Gasteiger partial charge >= 0.3 is 0 Å². The van der Waals surface area contributed by atoms with Crippen molar-refractivity contribution in [1.82, 2.24) is 0 Å². The zero-order valence-corrected chi connectivity index (χ0v) is 10.8. The van der Waals surface area contributed by atoms with E-state index in [1.54, 1.807) is 6.07 Å². The van der Waals surface area contributed by atoms with Gasteiger partial charge in [-0.2, -0.15) is 0 Å². The standard InChI is InChI=1S/C16H14FNO/c1-9-3-4-10(2)13(7-9)15-12-6-5-11(17)8-14(12)18-16(15)19/h3-8,15H,1-2H3,(H,18,19). The van der Waals surface area contributed by atoms with Gasteiger partial charge in [0.05, 0.1) is 5.92 Å². The Labute approximate surface area is 111 Å². The van der Waals surface area contributed by atoms with Crippen LogP contribution in [0, 0.1) is 19.7 Å². The maximum Gasteiger partial charge on any atom is 0.236 e. The summed E-state index contributed by atoms with van der Waals surface area (Å²) < 4.78 is 13.2. The first-order chi connectivity index (χ1) is 9.06. The fourth-order valence-corrected chi connectivity index (χ4v) is 2.61. The highest BCUT2D eigenvalue weighted by Crippen LogP contribution is 2.38. The van der Waals surface area contributed by atoms with E-state index < -0.39 is 0 Å². The summed E-state index contributed by atoms with van der Waals surface area (Å²) in [6.07, 6.45) is 0. The molecule has 0 saturated heterocycles. The molecule has 19 heavy (non-hydrogen) atoms. The lowest BCUT2D eigenvalue weighted by molar-refractivity contribution is -0.116. The Balaban J connectivity index is 2.16. The normalized spacial score (nSPS) is 17.2. The van der Waals surface area contributed by atoms with E-state index in [2.05, 4.69) is 5.32 Å². The third-order valence-electron chi connectivity index (χ3n) is 3.59. The van der Waals surface area contributed by atoms with Gasteiger partial charge in [0.15, 0.2) is 0 Å². The lowest BCUT2D eigenvalue weighted by Crippen LogP contribution is -2.14. The lowest BCUT2D eigenvalue weighted by Gasteiger charge is -2.13. The van der Waals surface area contributed by atoms with Crippen molar-refractivity contribution in [3.05, 3.63) is 64.5 Å². The molecule has 3 rings (SSSR count). The van der Waals surface area contributed by atoms with E-state index in [0.717, 1.165) is 22.3 Å². The summed E-state index contributed by atoms with van der Waals surface area (Å²) in [4.78, 5) is 12.2. The number of anilines is 1. The Bertz CT molecular complexity index is 678. The number of rotatable bonds is 1. The number of aryl methyl sites for hydroxylation is 2. The minimum absolute atomic E-state index is 0.0886. The molecule has 1 heterocycles. The molecule has 0 bridgehead atoms. The van der Waals surface area contributed by atoms with Crippen molar-refractivity contribution < 1.29 is 9.18 Å². The van der Waals surface area contributed by atoms with Crippen molar-refractivity contribution >= 4 is 11.6 Å². The second kappa shape index (κ2) is 4.19. The summed E-state index contributed by atoms with van der Waals surface area (Å²) in [6, 6.07) is 10.5. The van der Waals surface area contributed by atoms with Gasteiger partial charge in [-0.05, 0) is 42.7 Å². The van der Waals surface area contributed by atoms with E-state index in [1.165, 1.54) is 12.1 Å². The Morgan fingerprint density at radius 1 is 1.05 bits per heavy atom. The fourth-order valence-electron chi connectivity index (χ4n) is 2.61. The van der Waals surface area contributed by atoms with Gasteiger partial charge in [0, 0.05) is 5.69 Å². The Morgan fingerprint density at radius 2 is 1.84 bits per heavy atom. The lowest BCUT2D eigenvalue weighted by atomic mass is 9.88. The zero-order valence-electron chi connectivity index (χ0n) is 10.8. The molecule has 1 N–H and O–H groups in total. The Hall–Kier alpha value is -2.16. The topological polar surface area (TPSA) is 29.1 Å². The van der Waals surface area contributed by atoms with Crippen LogP contribution in [0.5, 0.6) is 0 Å². The van der Waals surface area contributed by atoms with E-state index >= 15 is 0 Å². The molecule has 0 spiro atoms. The quantitative estimate of drug-likeness (QED) is 0.829. The van der Waals surface area contributed by atoms with Crippen molar-refractivity contribution in [3.63, 3.8) is 0 Å². The summed E-state index contributed by atoms with van der Waals surface area (Å²) in [5, 5.41) is 2.75. The summed E-state index contributed by atoms with van der Waals surface area (Å²) in [5.41, 5.74) is 4.60. The number of halogens is 1. The molecule has 2 nitrogen and oxygen atoms in total. The van der Waals surface area contributed by atoms with Crippen LogP contribution in [0.4, 0.5) is 10.1 Å². The molecule has 1 amide bonds. The first-order valence-corrected chi connectivity index (χ1v) is 6.24. The molecule has 1 aliphatic heterocycles. The molecule has 2 aromatic rings. The highest BCUT2D eigenvalue weighted by Gasteiger charge is 2.32. The molecule has 0 radical (unpaired) electrons. The molecule has 1 unspecified atom stereocenters. The fraction of sp³-hybridized carbons (Fsp3) is 0.188. The van der Waals surface area contributed by atoms with E-state index in [1.807, 2.05) is 32.0 Å². The van der Waals surface area contributed by atoms with Crippen molar-refractivity contribution in [2.75, 3.05) is 5.32 Å². The first-order valence-electron chi connectivity index (χ1n) is 6.24. The molecule has 2 aromatic carbocycles. The van der Waals surface area contributed by atoms with Crippen LogP contribution in [0.1, 0.15) is 28.2 Å². The smallest absolute Gasteiger partial charge is 0.236 e. The second-order valence-electron chi connectivity index (χ2n) is 5.01. The number of carbonyl (C=O) groups is 1. The molecule has 0 saturated carbocycles. The van der Waals surface area contributed by atoms with Gasteiger partial charge in [0.2, 0.25) is 5.91 Å². The van der Waals surface area contributed by atoms with Gasteiger partial charge in [0.25, 0.3) is 0 Å².